The highest BCUT2D eigenvalue weighted by Gasteiger charge is 2.42. The molecule has 0 bridgehead atoms. The highest BCUT2D eigenvalue weighted by atomic mass is 35.5. The number of hydrogen-bond donors (Lipinski definition) is 2. The number of carbonyl (C=O) groups is 1. The Morgan fingerprint density at radius 3 is 3.00 bits per heavy atom. The standard InChI is InChI=1S/C15H17ClF2N2O2/c16-10-4-1-3-9-11(5-2-6-22-13(9)10)20-14(21)12-7-15(17,18)8-19-12/h1,3-4,11-12,19H,2,5-8H2,(H,20,21). The summed E-state index contributed by atoms with van der Waals surface area (Å²) in [5.74, 6) is -2.66. The van der Waals surface area contributed by atoms with Gasteiger partial charge in [-0.3, -0.25) is 10.1 Å². The molecular formula is C15H17ClF2N2O2. The van der Waals surface area contributed by atoms with E-state index >= 15 is 0 Å². The van der Waals surface area contributed by atoms with Crippen molar-refractivity contribution in [3.8, 4) is 5.75 Å². The van der Waals surface area contributed by atoms with Gasteiger partial charge in [-0.05, 0) is 18.9 Å². The van der Waals surface area contributed by atoms with Crippen molar-refractivity contribution in [1.29, 1.82) is 0 Å². The Bertz CT molecular complexity index is 583. The normalized spacial score (nSPS) is 26.7. The molecule has 1 aromatic carbocycles. The van der Waals surface area contributed by atoms with Crippen LogP contribution in [-0.4, -0.2) is 31.0 Å². The third-order valence-electron chi connectivity index (χ3n) is 4.00. The third kappa shape index (κ3) is 3.17. The largest absolute Gasteiger partial charge is 0.492 e. The van der Waals surface area contributed by atoms with E-state index in [1.54, 1.807) is 12.1 Å². The highest BCUT2D eigenvalue weighted by molar-refractivity contribution is 6.32. The maximum absolute atomic E-state index is 13.2. The summed E-state index contributed by atoms with van der Waals surface area (Å²) in [4.78, 5) is 12.2. The van der Waals surface area contributed by atoms with Crippen molar-refractivity contribution in [3.05, 3.63) is 28.8 Å². The Morgan fingerprint density at radius 2 is 2.27 bits per heavy atom. The first kappa shape index (κ1) is 15.5. The second kappa shape index (κ2) is 6.01. The second-order valence-electron chi connectivity index (χ2n) is 5.70. The van der Waals surface area contributed by atoms with Gasteiger partial charge in [0.15, 0.2) is 0 Å². The highest BCUT2D eigenvalue weighted by Crippen LogP contribution is 2.37. The minimum Gasteiger partial charge on any atom is -0.492 e. The van der Waals surface area contributed by atoms with Gasteiger partial charge >= 0.3 is 0 Å². The molecule has 2 aliphatic heterocycles. The van der Waals surface area contributed by atoms with Crippen LogP contribution < -0.4 is 15.4 Å². The van der Waals surface area contributed by atoms with Crippen molar-refractivity contribution in [2.24, 2.45) is 0 Å². The molecule has 0 radical (unpaired) electrons. The van der Waals surface area contributed by atoms with E-state index in [9.17, 15) is 13.6 Å². The lowest BCUT2D eigenvalue weighted by molar-refractivity contribution is -0.124. The molecule has 0 aliphatic carbocycles. The van der Waals surface area contributed by atoms with Gasteiger partial charge in [0.2, 0.25) is 5.91 Å². The Hall–Kier alpha value is -1.40. The Balaban J connectivity index is 1.75. The lowest BCUT2D eigenvalue weighted by Gasteiger charge is -2.21. The van der Waals surface area contributed by atoms with Gasteiger partial charge in [-0.2, -0.15) is 0 Å². The van der Waals surface area contributed by atoms with Crippen LogP contribution in [0.25, 0.3) is 0 Å². The average molecular weight is 331 g/mol. The predicted octanol–water partition coefficient (Wildman–Crippen LogP) is 2.67. The van der Waals surface area contributed by atoms with Crippen molar-refractivity contribution in [1.82, 2.24) is 10.6 Å². The van der Waals surface area contributed by atoms with Crippen LogP contribution in [0.2, 0.25) is 5.02 Å². The number of benzene rings is 1. The first-order valence-electron chi connectivity index (χ1n) is 7.29. The summed E-state index contributed by atoms with van der Waals surface area (Å²) in [7, 11) is 0. The van der Waals surface area contributed by atoms with Crippen molar-refractivity contribution >= 4 is 17.5 Å². The van der Waals surface area contributed by atoms with Gasteiger partial charge in [0.05, 0.1) is 30.3 Å². The topological polar surface area (TPSA) is 50.4 Å². The van der Waals surface area contributed by atoms with Gasteiger partial charge in [-0.15, -0.1) is 0 Å². The van der Waals surface area contributed by atoms with Crippen LogP contribution in [0.15, 0.2) is 18.2 Å². The molecule has 1 amide bonds. The van der Waals surface area contributed by atoms with E-state index in [4.69, 9.17) is 16.3 Å². The summed E-state index contributed by atoms with van der Waals surface area (Å²) in [6, 6.07) is 4.22. The zero-order valence-electron chi connectivity index (χ0n) is 11.9. The van der Waals surface area contributed by atoms with E-state index in [0.29, 0.717) is 23.8 Å². The van der Waals surface area contributed by atoms with Crippen LogP contribution in [0, 0.1) is 0 Å². The number of hydrogen-bond acceptors (Lipinski definition) is 3. The first-order valence-corrected chi connectivity index (χ1v) is 7.67. The Labute approximate surface area is 132 Å². The van der Waals surface area contributed by atoms with E-state index in [1.165, 1.54) is 0 Å². The van der Waals surface area contributed by atoms with Gasteiger partial charge in [-0.25, -0.2) is 8.78 Å². The molecular weight excluding hydrogens is 314 g/mol. The third-order valence-corrected chi connectivity index (χ3v) is 4.30. The molecule has 0 spiro atoms. The van der Waals surface area contributed by atoms with Crippen LogP contribution in [0.5, 0.6) is 5.75 Å². The van der Waals surface area contributed by atoms with Gasteiger partial charge in [0.25, 0.3) is 5.92 Å². The molecule has 4 nitrogen and oxygen atoms in total. The molecule has 2 unspecified atom stereocenters. The lowest BCUT2D eigenvalue weighted by atomic mass is 10.0. The summed E-state index contributed by atoms with van der Waals surface area (Å²) >= 11 is 6.13. The van der Waals surface area contributed by atoms with Gasteiger partial charge in [0.1, 0.15) is 5.75 Å². The number of halogens is 3. The number of ether oxygens (including phenoxy) is 1. The zero-order valence-corrected chi connectivity index (χ0v) is 12.6. The monoisotopic (exact) mass is 330 g/mol. The number of rotatable bonds is 2. The number of carbonyl (C=O) groups excluding carboxylic acids is 1. The number of amides is 1. The second-order valence-corrected chi connectivity index (χ2v) is 6.11. The smallest absolute Gasteiger partial charge is 0.262 e. The fraction of sp³-hybridized carbons (Fsp3) is 0.533. The van der Waals surface area contributed by atoms with Gasteiger partial charge in [0, 0.05) is 12.0 Å². The number of fused-ring (bicyclic) bond motifs is 1. The molecule has 7 heteroatoms. The molecule has 2 N–H and O–H groups in total. The molecule has 2 atom stereocenters. The van der Waals surface area contributed by atoms with Crippen LogP contribution in [0.3, 0.4) is 0 Å². The lowest BCUT2D eigenvalue weighted by Crippen LogP contribution is -2.42. The number of para-hydroxylation sites is 1. The van der Waals surface area contributed by atoms with Crippen molar-refractivity contribution < 1.29 is 18.3 Å². The quantitative estimate of drug-likeness (QED) is 0.876. The molecule has 120 valence electrons. The van der Waals surface area contributed by atoms with Gasteiger partial charge < -0.3 is 10.1 Å². The van der Waals surface area contributed by atoms with E-state index in [2.05, 4.69) is 10.6 Å². The summed E-state index contributed by atoms with van der Waals surface area (Å²) in [5.41, 5.74) is 0.795. The predicted molar refractivity (Wildman–Crippen MR) is 78.4 cm³/mol. The minimum atomic E-state index is -2.82. The van der Waals surface area contributed by atoms with Crippen molar-refractivity contribution in [3.63, 3.8) is 0 Å². The average Bonchev–Trinajstić information content (AvgIpc) is 2.70. The molecule has 3 rings (SSSR count). The molecule has 0 saturated carbocycles. The maximum Gasteiger partial charge on any atom is 0.262 e. The molecule has 2 heterocycles. The molecule has 22 heavy (non-hydrogen) atoms. The van der Waals surface area contributed by atoms with Gasteiger partial charge in [-0.1, -0.05) is 23.7 Å². The Kier molecular flexibility index (Phi) is 4.23. The maximum atomic E-state index is 13.2. The van der Waals surface area contributed by atoms with Crippen molar-refractivity contribution in [2.45, 2.75) is 37.3 Å². The molecule has 1 fully saturated rings. The molecule has 1 saturated heterocycles. The SMILES string of the molecule is O=C(NC1CCCOc2c(Cl)cccc21)C1CC(F)(F)CN1. The summed E-state index contributed by atoms with van der Waals surface area (Å²) < 4.78 is 32.1. The minimum absolute atomic E-state index is 0.278. The fourth-order valence-corrected chi connectivity index (χ4v) is 3.13. The molecule has 1 aromatic rings. The van der Waals surface area contributed by atoms with Crippen LogP contribution in [0.4, 0.5) is 8.78 Å². The fourth-order valence-electron chi connectivity index (χ4n) is 2.89. The number of nitrogens with one attached hydrogen (secondary N) is 2. The first-order chi connectivity index (χ1) is 10.5. The Morgan fingerprint density at radius 1 is 1.45 bits per heavy atom. The van der Waals surface area contributed by atoms with E-state index in [-0.39, 0.29) is 6.04 Å². The van der Waals surface area contributed by atoms with E-state index < -0.39 is 30.8 Å². The molecule has 0 aromatic heterocycles. The number of alkyl halides is 2. The van der Waals surface area contributed by atoms with Crippen LogP contribution >= 0.6 is 11.6 Å². The summed E-state index contributed by atoms with van der Waals surface area (Å²) in [5, 5.41) is 5.91. The zero-order chi connectivity index (χ0) is 15.7. The van der Waals surface area contributed by atoms with Crippen LogP contribution in [0.1, 0.15) is 30.9 Å². The van der Waals surface area contributed by atoms with E-state index in [0.717, 1.165) is 12.0 Å². The summed E-state index contributed by atoms with van der Waals surface area (Å²) in [6.45, 7) is 0.0597. The summed E-state index contributed by atoms with van der Waals surface area (Å²) in [6.07, 6.45) is 0.969. The van der Waals surface area contributed by atoms with Crippen molar-refractivity contribution in [2.75, 3.05) is 13.2 Å². The van der Waals surface area contributed by atoms with E-state index in [1.807, 2.05) is 6.07 Å². The van der Waals surface area contributed by atoms with Crippen LogP contribution in [-0.2, 0) is 4.79 Å². The molecule has 2 aliphatic rings.